The third kappa shape index (κ3) is 6.25. The van der Waals surface area contributed by atoms with E-state index in [0.717, 1.165) is 32.5 Å². The van der Waals surface area contributed by atoms with E-state index in [2.05, 4.69) is 12.1 Å². The molecule has 198 valence electrons. The van der Waals surface area contributed by atoms with Gasteiger partial charge in [0.1, 0.15) is 0 Å². The number of rotatable bonds is 7. The smallest absolute Gasteiger partial charge is 0.333 e. The lowest BCUT2D eigenvalue weighted by atomic mass is 10.1. The number of imide groups is 1. The largest absolute Gasteiger partial charge is 0.378 e. The Balaban J connectivity index is 0.00000186. The summed E-state index contributed by atoms with van der Waals surface area (Å²) in [6.45, 7) is 4.00. The van der Waals surface area contributed by atoms with Crippen molar-refractivity contribution in [2.24, 2.45) is 0 Å². The second-order valence-electron chi connectivity index (χ2n) is 8.82. The molecule has 2 aliphatic rings. The van der Waals surface area contributed by atoms with E-state index in [1.165, 1.54) is 0 Å². The molecule has 10 heteroatoms. The van der Waals surface area contributed by atoms with Gasteiger partial charge in [0.05, 0.1) is 11.4 Å². The molecular formula is C27H34N4O5S. The number of benzene rings is 2. The molecule has 4 rings (SSSR count). The van der Waals surface area contributed by atoms with Crippen LogP contribution < -0.4 is 14.7 Å². The molecule has 9 nitrogen and oxygen atoms in total. The molecule has 0 atom stereocenters. The van der Waals surface area contributed by atoms with Crippen LogP contribution in [0.4, 0.5) is 22.7 Å². The van der Waals surface area contributed by atoms with E-state index in [1.807, 2.05) is 76.1 Å². The van der Waals surface area contributed by atoms with Gasteiger partial charge in [-0.1, -0.05) is 25.6 Å². The lowest BCUT2D eigenvalue weighted by Gasteiger charge is -2.32. The SMILES string of the molecule is CC.CN(C)c1ccc2c(c1)Sc1cc(N(C)C)ccc1N2C(=O)CCCC(=O)ON1C(=O)CCC1=O. The predicted molar refractivity (Wildman–Crippen MR) is 145 cm³/mol. The molecular weight excluding hydrogens is 492 g/mol. The Morgan fingerprint density at radius 2 is 1.32 bits per heavy atom. The van der Waals surface area contributed by atoms with Gasteiger partial charge in [0.25, 0.3) is 11.8 Å². The standard InChI is InChI=1S/C25H28N4O5S.C2H6/c1-26(2)16-8-10-18-20(14-16)35-21-15-17(27(3)4)9-11-19(21)28(18)22(30)6-5-7-25(33)34-29-23(31)12-13-24(29)32;1-2/h8-11,14-15H,5-7,12-13H2,1-4H3;1-2H3. The molecule has 2 heterocycles. The van der Waals surface area contributed by atoms with Gasteiger partial charge in [-0.2, -0.15) is 0 Å². The summed E-state index contributed by atoms with van der Waals surface area (Å²) in [5.41, 5.74) is 3.66. The van der Waals surface area contributed by atoms with E-state index in [4.69, 9.17) is 4.84 Å². The van der Waals surface area contributed by atoms with Gasteiger partial charge in [0.15, 0.2) is 0 Å². The van der Waals surface area contributed by atoms with Crippen molar-refractivity contribution in [2.45, 2.75) is 55.7 Å². The van der Waals surface area contributed by atoms with Crippen LogP contribution in [0.15, 0.2) is 46.2 Å². The van der Waals surface area contributed by atoms with Gasteiger partial charge in [-0.3, -0.25) is 19.3 Å². The van der Waals surface area contributed by atoms with E-state index < -0.39 is 17.8 Å². The maximum atomic E-state index is 13.4. The zero-order valence-electron chi connectivity index (χ0n) is 22.2. The summed E-state index contributed by atoms with van der Waals surface area (Å²) in [6.07, 6.45) is 0.340. The molecule has 0 aliphatic carbocycles. The molecule has 0 radical (unpaired) electrons. The topological polar surface area (TPSA) is 90.5 Å². The molecule has 2 aromatic rings. The molecule has 2 aliphatic heterocycles. The number of fused-ring (bicyclic) bond motifs is 2. The fourth-order valence-corrected chi connectivity index (χ4v) is 5.04. The first-order chi connectivity index (χ1) is 17.7. The Bertz CT molecular complexity index is 1120. The molecule has 1 saturated heterocycles. The van der Waals surface area contributed by atoms with Gasteiger partial charge < -0.3 is 14.6 Å². The fraction of sp³-hybridized carbons (Fsp3) is 0.407. The molecule has 0 bridgehead atoms. The maximum absolute atomic E-state index is 13.4. The van der Waals surface area contributed by atoms with Crippen molar-refractivity contribution >= 4 is 58.2 Å². The van der Waals surface area contributed by atoms with Crippen LogP contribution in [0.25, 0.3) is 0 Å². The van der Waals surface area contributed by atoms with Crippen molar-refractivity contribution in [3.05, 3.63) is 36.4 Å². The van der Waals surface area contributed by atoms with E-state index in [1.54, 1.807) is 16.7 Å². The van der Waals surface area contributed by atoms with Crippen molar-refractivity contribution < 1.29 is 24.0 Å². The maximum Gasteiger partial charge on any atom is 0.333 e. The summed E-state index contributed by atoms with van der Waals surface area (Å²) in [5, 5.41) is 0.531. The molecule has 0 unspecified atom stereocenters. The van der Waals surface area contributed by atoms with Crippen LogP contribution in [0.5, 0.6) is 0 Å². The van der Waals surface area contributed by atoms with Crippen LogP contribution in [0.2, 0.25) is 0 Å². The first-order valence-corrected chi connectivity index (χ1v) is 13.2. The number of anilines is 4. The van der Waals surface area contributed by atoms with Crippen LogP contribution >= 0.6 is 11.8 Å². The highest BCUT2D eigenvalue weighted by atomic mass is 32.2. The average molecular weight is 527 g/mol. The summed E-state index contributed by atoms with van der Waals surface area (Å²) in [7, 11) is 7.88. The average Bonchev–Trinajstić information content (AvgIpc) is 3.19. The molecule has 1 fully saturated rings. The van der Waals surface area contributed by atoms with Gasteiger partial charge in [0.2, 0.25) is 5.91 Å². The minimum absolute atomic E-state index is 0.0431. The molecule has 37 heavy (non-hydrogen) atoms. The Morgan fingerprint density at radius 1 is 0.838 bits per heavy atom. The zero-order valence-corrected chi connectivity index (χ0v) is 23.1. The van der Waals surface area contributed by atoms with Gasteiger partial charge in [-0.15, -0.1) is 5.06 Å². The summed E-state index contributed by atoms with van der Waals surface area (Å²) >= 11 is 1.62. The Kier molecular flexibility index (Phi) is 9.20. The van der Waals surface area contributed by atoms with Crippen molar-refractivity contribution in [3.8, 4) is 0 Å². The van der Waals surface area contributed by atoms with Gasteiger partial charge in [-0.25, -0.2) is 4.79 Å². The number of hydrogen-bond donors (Lipinski definition) is 0. The summed E-state index contributed by atoms with van der Waals surface area (Å²) in [5.74, 6) is -1.90. The first-order valence-electron chi connectivity index (χ1n) is 12.4. The minimum atomic E-state index is -0.706. The Hall–Kier alpha value is -3.53. The molecule has 0 spiro atoms. The quantitative estimate of drug-likeness (QED) is 0.478. The van der Waals surface area contributed by atoms with Crippen LogP contribution in [-0.4, -0.2) is 56.9 Å². The van der Waals surface area contributed by atoms with Crippen LogP contribution in [0.3, 0.4) is 0 Å². The van der Waals surface area contributed by atoms with E-state index >= 15 is 0 Å². The van der Waals surface area contributed by atoms with Crippen molar-refractivity contribution in [1.82, 2.24) is 5.06 Å². The second-order valence-corrected chi connectivity index (χ2v) is 9.91. The second kappa shape index (κ2) is 12.1. The normalized spacial score (nSPS) is 13.9. The Morgan fingerprint density at radius 3 is 1.78 bits per heavy atom. The van der Waals surface area contributed by atoms with E-state index in [-0.39, 0.29) is 38.0 Å². The van der Waals surface area contributed by atoms with Gasteiger partial charge >= 0.3 is 5.97 Å². The molecule has 0 saturated carbocycles. The number of carbonyl (C=O) groups is 4. The van der Waals surface area contributed by atoms with Crippen LogP contribution in [0, 0.1) is 0 Å². The van der Waals surface area contributed by atoms with Crippen molar-refractivity contribution in [2.75, 3.05) is 42.9 Å². The number of hydroxylamine groups is 2. The van der Waals surface area contributed by atoms with Crippen molar-refractivity contribution in [1.29, 1.82) is 0 Å². The fourth-order valence-electron chi connectivity index (χ4n) is 3.91. The molecule has 2 aromatic carbocycles. The highest BCUT2D eigenvalue weighted by Gasteiger charge is 2.33. The molecule has 3 amide bonds. The summed E-state index contributed by atoms with van der Waals surface area (Å²) < 4.78 is 0. The van der Waals surface area contributed by atoms with Gasteiger partial charge in [-0.05, 0) is 42.8 Å². The van der Waals surface area contributed by atoms with E-state index in [0.29, 0.717) is 5.06 Å². The Labute approximate surface area is 222 Å². The lowest BCUT2D eigenvalue weighted by Crippen LogP contribution is -2.32. The monoisotopic (exact) mass is 526 g/mol. The van der Waals surface area contributed by atoms with Gasteiger partial charge in [0, 0.05) is 75.0 Å². The number of carbonyl (C=O) groups excluding carboxylic acids is 4. The molecule has 0 aromatic heterocycles. The number of amides is 3. The lowest BCUT2D eigenvalue weighted by molar-refractivity contribution is -0.197. The van der Waals surface area contributed by atoms with Crippen LogP contribution in [-0.2, 0) is 24.0 Å². The zero-order chi connectivity index (χ0) is 27.3. The third-order valence-corrected chi connectivity index (χ3v) is 6.93. The highest BCUT2D eigenvalue weighted by molar-refractivity contribution is 7.99. The van der Waals surface area contributed by atoms with Crippen LogP contribution in [0.1, 0.15) is 46.0 Å². The minimum Gasteiger partial charge on any atom is -0.378 e. The summed E-state index contributed by atoms with van der Waals surface area (Å²) in [6, 6.07) is 12.0. The predicted octanol–water partition coefficient (Wildman–Crippen LogP) is 4.75. The number of nitrogens with zero attached hydrogens (tertiary/aromatic N) is 4. The first kappa shape index (κ1) is 28.0. The number of hydrogen-bond acceptors (Lipinski definition) is 8. The third-order valence-electron chi connectivity index (χ3n) is 5.84. The van der Waals surface area contributed by atoms with Crippen molar-refractivity contribution in [3.63, 3.8) is 0 Å². The highest BCUT2D eigenvalue weighted by Crippen LogP contribution is 2.50. The summed E-state index contributed by atoms with van der Waals surface area (Å²) in [4.78, 5) is 61.4. The molecule has 0 N–H and O–H groups in total. The van der Waals surface area contributed by atoms with E-state index in [9.17, 15) is 19.2 Å².